The van der Waals surface area contributed by atoms with Gasteiger partial charge in [0.25, 0.3) is 5.91 Å². The Kier molecular flexibility index (Phi) is 2.70. The number of rotatable bonds is 2. The molecular formula is C9H15NO2Si. The predicted octanol–water partition coefficient (Wildman–Crippen LogP) is 1.84. The summed E-state index contributed by atoms with van der Waals surface area (Å²) < 4.78 is 5.18. The normalized spacial score (nSPS) is 22.9. The van der Waals surface area contributed by atoms with Gasteiger partial charge in [0.05, 0.1) is 20.7 Å². The van der Waals surface area contributed by atoms with Crippen LogP contribution in [-0.2, 0) is 9.53 Å². The van der Waals surface area contributed by atoms with Gasteiger partial charge in [-0.2, -0.15) is 0 Å². The van der Waals surface area contributed by atoms with Gasteiger partial charge in [-0.3, -0.25) is 4.79 Å². The topological polar surface area (TPSA) is 38.7 Å². The summed E-state index contributed by atoms with van der Waals surface area (Å²) in [6, 6.07) is 0. The Balaban J connectivity index is 3.00. The third kappa shape index (κ3) is 2.06. The molecule has 0 aliphatic carbocycles. The summed E-state index contributed by atoms with van der Waals surface area (Å²) in [4.78, 5) is 15.3. The van der Waals surface area contributed by atoms with Gasteiger partial charge in [0.2, 0.25) is 0 Å². The number of amides is 1. The highest BCUT2D eigenvalue weighted by atomic mass is 28.3. The number of carbonyl (C=O) groups is 1. The van der Waals surface area contributed by atoms with Crippen LogP contribution >= 0.6 is 0 Å². The summed E-state index contributed by atoms with van der Waals surface area (Å²) in [5, 5.41) is 0. The number of hydrogen-bond acceptors (Lipinski definition) is 2. The lowest BCUT2D eigenvalue weighted by atomic mass is 10.2. The fraction of sp³-hybridized carbons (Fsp3) is 0.556. The molecule has 0 saturated carbocycles. The van der Waals surface area contributed by atoms with Crippen LogP contribution in [0.15, 0.2) is 16.8 Å². The molecule has 0 aromatic carbocycles. The maximum absolute atomic E-state index is 11.5. The number of hydrogen-bond donors (Lipinski definition) is 0. The van der Waals surface area contributed by atoms with E-state index >= 15 is 0 Å². The Labute approximate surface area is 79.5 Å². The molecular weight excluding hydrogens is 182 g/mol. The second-order valence-electron chi connectivity index (χ2n) is 4.19. The van der Waals surface area contributed by atoms with Crippen LogP contribution in [0.5, 0.6) is 0 Å². The molecule has 0 aromatic heterocycles. The number of methoxy groups -OCH3 is 1. The molecule has 1 unspecified atom stereocenters. The molecule has 1 heterocycles. The van der Waals surface area contributed by atoms with Crippen LogP contribution in [0.25, 0.3) is 0 Å². The van der Waals surface area contributed by atoms with Crippen LogP contribution in [0.2, 0.25) is 25.2 Å². The number of allylic oxidation sites excluding steroid dienone is 1. The van der Waals surface area contributed by atoms with Crippen molar-refractivity contribution in [3.63, 3.8) is 0 Å². The first-order chi connectivity index (χ1) is 5.96. The van der Waals surface area contributed by atoms with E-state index in [1.807, 2.05) is 0 Å². The van der Waals surface area contributed by atoms with Crippen molar-refractivity contribution in [3.8, 4) is 0 Å². The van der Waals surface area contributed by atoms with Crippen molar-refractivity contribution in [2.45, 2.75) is 25.2 Å². The van der Waals surface area contributed by atoms with Gasteiger partial charge in [0, 0.05) is 6.21 Å². The Morgan fingerprint density at radius 2 is 2.08 bits per heavy atom. The van der Waals surface area contributed by atoms with Crippen LogP contribution in [0.3, 0.4) is 0 Å². The van der Waals surface area contributed by atoms with E-state index in [9.17, 15) is 4.79 Å². The Morgan fingerprint density at radius 3 is 2.46 bits per heavy atom. The molecule has 0 N–H and O–H groups in total. The highest BCUT2D eigenvalue weighted by Crippen LogP contribution is 2.32. The lowest BCUT2D eigenvalue weighted by Crippen LogP contribution is -2.36. The second-order valence-corrected chi connectivity index (χ2v) is 9.50. The van der Waals surface area contributed by atoms with Gasteiger partial charge in [-0.25, -0.2) is 4.99 Å². The summed E-state index contributed by atoms with van der Waals surface area (Å²) in [6.45, 7) is 6.43. The molecule has 1 amide bonds. The highest BCUT2D eigenvalue weighted by molar-refractivity contribution is 6.81. The van der Waals surface area contributed by atoms with Gasteiger partial charge in [0.1, 0.15) is 5.76 Å². The molecule has 0 bridgehead atoms. The highest BCUT2D eigenvalue weighted by Gasteiger charge is 2.37. The van der Waals surface area contributed by atoms with Gasteiger partial charge in [-0.1, -0.05) is 19.6 Å². The minimum Gasteiger partial charge on any atom is -0.501 e. The summed E-state index contributed by atoms with van der Waals surface area (Å²) in [5.74, 6) is 0.706. The van der Waals surface area contributed by atoms with Crippen molar-refractivity contribution >= 4 is 20.2 Å². The fourth-order valence-electron chi connectivity index (χ4n) is 1.46. The molecule has 1 atom stereocenters. The maximum atomic E-state index is 11.5. The van der Waals surface area contributed by atoms with Gasteiger partial charge in [0.15, 0.2) is 0 Å². The van der Waals surface area contributed by atoms with Crippen LogP contribution in [0, 0.1) is 0 Å². The van der Waals surface area contributed by atoms with Crippen molar-refractivity contribution in [2.24, 2.45) is 4.99 Å². The lowest BCUT2D eigenvalue weighted by molar-refractivity contribution is -0.117. The average molecular weight is 197 g/mol. The minimum atomic E-state index is -1.56. The summed E-state index contributed by atoms with van der Waals surface area (Å²) in [7, 11) is 0.0425. The van der Waals surface area contributed by atoms with Gasteiger partial charge in [-0.05, 0) is 6.08 Å². The molecule has 0 saturated heterocycles. The van der Waals surface area contributed by atoms with E-state index < -0.39 is 8.07 Å². The summed E-state index contributed by atoms with van der Waals surface area (Å²) in [6.07, 6.45) is 3.29. The quantitative estimate of drug-likeness (QED) is 0.633. The number of dihydropyridines is 1. The third-order valence-electron chi connectivity index (χ3n) is 2.07. The van der Waals surface area contributed by atoms with E-state index in [0.29, 0.717) is 0 Å². The van der Waals surface area contributed by atoms with E-state index in [2.05, 4.69) is 24.6 Å². The molecule has 4 heteroatoms. The molecule has 0 radical (unpaired) electrons. The van der Waals surface area contributed by atoms with E-state index in [1.165, 1.54) is 6.21 Å². The van der Waals surface area contributed by atoms with Crippen molar-refractivity contribution in [3.05, 3.63) is 11.8 Å². The Hall–Kier alpha value is -0.903. The predicted molar refractivity (Wildman–Crippen MR) is 55.7 cm³/mol. The SMILES string of the molecule is COC1=CC=NC(=O)C1[Si](C)(C)C. The van der Waals surface area contributed by atoms with Crippen LogP contribution in [0.4, 0.5) is 0 Å². The second kappa shape index (κ2) is 3.45. The zero-order valence-electron chi connectivity index (χ0n) is 8.50. The smallest absolute Gasteiger partial charge is 0.253 e. The number of nitrogens with zero attached hydrogens (tertiary/aromatic N) is 1. The number of carbonyl (C=O) groups excluding carboxylic acids is 1. The minimum absolute atomic E-state index is 0.0569. The van der Waals surface area contributed by atoms with Gasteiger partial charge < -0.3 is 4.74 Å². The van der Waals surface area contributed by atoms with Crippen molar-refractivity contribution in [1.82, 2.24) is 0 Å². The summed E-state index contributed by atoms with van der Waals surface area (Å²) >= 11 is 0. The van der Waals surface area contributed by atoms with Gasteiger partial charge >= 0.3 is 0 Å². The molecule has 72 valence electrons. The first kappa shape index (κ1) is 10.2. The molecule has 3 nitrogen and oxygen atoms in total. The number of aliphatic imine (C=N–C) groups is 1. The molecule has 0 spiro atoms. The third-order valence-corrected chi connectivity index (χ3v) is 4.34. The molecule has 13 heavy (non-hydrogen) atoms. The lowest BCUT2D eigenvalue weighted by Gasteiger charge is -2.28. The van der Waals surface area contributed by atoms with Crippen LogP contribution < -0.4 is 0 Å². The zero-order chi connectivity index (χ0) is 10.1. The van der Waals surface area contributed by atoms with Crippen molar-refractivity contribution in [1.29, 1.82) is 0 Å². The molecule has 1 rings (SSSR count). The Bertz CT molecular complexity index is 276. The van der Waals surface area contributed by atoms with Crippen molar-refractivity contribution < 1.29 is 9.53 Å². The molecule has 1 aliphatic rings. The molecule has 0 aromatic rings. The maximum Gasteiger partial charge on any atom is 0.253 e. The first-order valence-electron chi connectivity index (χ1n) is 4.29. The van der Waals surface area contributed by atoms with Gasteiger partial charge in [-0.15, -0.1) is 0 Å². The Morgan fingerprint density at radius 1 is 1.46 bits per heavy atom. The van der Waals surface area contributed by atoms with E-state index in [-0.39, 0.29) is 11.4 Å². The monoisotopic (exact) mass is 197 g/mol. The number of ether oxygens (including phenoxy) is 1. The van der Waals surface area contributed by atoms with E-state index in [0.717, 1.165) is 5.76 Å². The zero-order valence-corrected chi connectivity index (χ0v) is 9.50. The fourth-order valence-corrected chi connectivity index (χ4v) is 3.34. The standard InChI is InChI=1S/C9H15NO2Si/c1-12-7-5-6-10-9(11)8(7)13(2,3)4/h5-6,8H,1-4H3. The van der Waals surface area contributed by atoms with Crippen LogP contribution in [0.1, 0.15) is 0 Å². The summed E-state index contributed by atoms with van der Waals surface area (Å²) in [5.41, 5.74) is -0.109. The molecule has 0 fully saturated rings. The van der Waals surface area contributed by atoms with Crippen LogP contribution in [-0.4, -0.2) is 27.3 Å². The average Bonchev–Trinajstić information content (AvgIpc) is 2.01. The van der Waals surface area contributed by atoms with E-state index in [4.69, 9.17) is 4.74 Å². The van der Waals surface area contributed by atoms with Crippen molar-refractivity contribution in [2.75, 3.05) is 7.11 Å². The molecule has 1 aliphatic heterocycles. The first-order valence-corrected chi connectivity index (χ1v) is 7.86. The van der Waals surface area contributed by atoms with E-state index in [1.54, 1.807) is 13.2 Å². The largest absolute Gasteiger partial charge is 0.501 e.